The zero-order chi connectivity index (χ0) is 10.1. The van der Waals surface area contributed by atoms with Crippen LogP contribution < -0.4 is 5.32 Å². The molecule has 0 aromatic rings. The normalized spacial score (nSPS) is 34.0. The van der Waals surface area contributed by atoms with Crippen LogP contribution in [0.3, 0.4) is 0 Å². The van der Waals surface area contributed by atoms with E-state index in [1.165, 1.54) is 0 Å². The molecule has 1 heterocycles. The molecule has 2 unspecified atom stereocenters. The lowest BCUT2D eigenvalue weighted by atomic mass is 9.77. The van der Waals surface area contributed by atoms with Crippen LogP contribution in [0.25, 0.3) is 0 Å². The fourth-order valence-electron chi connectivity index (χ4n) is 2.16. The van der Waals surface area contributed by atoms with Gasteiger partial charge in [-0.2, -0.15) is 0 Å². The Morgan fingerprint density at radius 1 is 1.69 bits per heavy atom. The number of carboxylic acids is 1. The monoisotopic (exact) mass is 185 g/mol. The summed E-state index contributed by atoms with van der Waals surface area (Å²) in [4.78, 5) is 10.6. The van der Waals surface area contributed by atoms with Crippen molar-refractivity contribution in [2.75, 3.05) is 6.54 Å². The summed E-state index contributed by atoms with van der Waals surface area (Å²) >= 11 is 0. The van der Waals surface area contributed by atoms with Gasteiger partial charge in [0.15, 0.2) is 0 Å². The maximum absolute atomic E-state index is 10.6. The summed E-state index contributed by atoms with van der Waals surface area (Å²) in [6, 6.07) is 0. The van der Waals surface area contributed by atoms with E-state index in [9.17, 15) is 4.79 Å². The molecule has 76 valence electrons. The molecule has 2 N–H and O–H groups in total. The molecule has 3 heteroatoms. The van der Waals surface area contributed by atoms with Crippen molar-refractivity contribution in [3.63, 3.8) is 0 Å². The van der Waals surface area contributed by atoms with Crippen LogP contribution in [0.1, 0.15) is 33.6 Å². The maximum Gasteiger partial charge on any atom is 0.303 e. The van der Waals surface area contributed by atoms with Crippen LogP contribution in [0, 0.1) is 11.8 Å². The van der Waals surface area contributed by atoms with Crippen LogP contribution in [-0.2, 0) is 4.79 Å². The second kappa shape index (κ2) is 3.66. The lowest BCUT2D eigenvalue weighted by Gasteiger charge is -2.35. The van der Waals surface area contributed by atoms with Crippen molar-refractivity contribution >= 4 is 5.97 Å². The van der Waals surface area contributed by atoms with Crippen molar-refractivity contribution in [1.29, 1.82) is 0 Å². The van der Waals surface area contributed by atoms with Crippen molar-refractivity contribution in [2.24, 2.45) is 11.8 Å². The molecule has 3 nitrogen and oxygen atoms in total. The summed E-state index contributed by atoms with van der Waals surface area (Å²) in [6.45, 7) is 7.38. The minimum Gasteiger partial charge on any atom is -0.481 e. The fourth-order valence-corrected chi connectivity index (χ4v) is 2.16. The number of rotatable bonds is 3. The molecule has 0 saturated carbocycles. The number of nitrogens with one attached hydrogen (secondary N) is 1. The zero-order valence-electron chi connectivity index (χ0n) is 8.63. The van der Waals surface area contributed by atoms with Gasteiger partial charge in [0.2, 0.25) is 0 Å². The minimum atomic E-state index is -0.680. The van der Waals surface area contributed by atoms with Crippen LogP contribution in [0.4, 0.5) is 0 Å². The van der Waals surface area contributed by atoms with Gasteiger partial charge in [-0.05, 0) is 31.7 Å². The number of hydrogen-bond acceptors (Lipinski definition) is 2. The van der Waals surface area contributed by atoms with E-state index in [1.807, 2.05) is 0 Å². The highest BCUT2D eigenvalue weighted by atomic mass is 16.4. The average molecular weight is 185 g/mol. The van der Waals surface area contributed by atoms with Crippen LogP contribution in [-0.4, -0.2) is 23.2 Å². The summed E-state index contributed by atoms with van der Waals surface area (Å²) in [6.07, 6.45) is 1.28. The molecule has 0 aromatic heterocycles. The van der Waals surface area contributed by atoms with E-state index in [0.29, 0.717) is 12.3 Å². The summed E-state index contributed by atoms with van der Waals surface area (Å²) in [5, 5.41) is 12.2. The Kier molecular flexibility index (Phi) is 2.96. The van der Waals surface area contributed by atoms with Crippen LogP contribution >= 0.6 is 0 Å². The SMILES string of the molecule is CC(C)C1(C)NCCC1CC(=O)O. The van der Waals surface area contributed by atoms with E-state index in [-0.39, 0.29) is 11.5 Å². The van der Waals surface area contributed by atoms with Gasteiger partial charge in [-0.25, -0.2) is 0 Å². The summed E-state index contributed by atoms with van der Waals surface area (Å²) in [5.74, 6) is 0.0879. The average Bonchev–Trinajstić information content (AvgIpc) is 2.33. The van der Waals surface area contributed by atoms with Crippen LogP contribution in [0.5, 0.6) is 0 Å². The molecule has 0 bridgehead atoms. The summed E-state index contributed by atoms with van der Waals surface area (Å²) in [7, 11) is 0. The highest BCUT2D eigenvalue weighted by Gasteiger charge is 2.41. The van der Waals surface area contributed by atoms with Gasteiger partial charge >= 0.3 is 5.97 Å². The Hall–Kier alpha value is -0.570. The van der Waals surface area contributed by atoms with Gasteiger partial charge in [-0.1, -0.05) is 13.8 Å². The van der Waals surface area contributed by atoms with Gasteiger partial charge in [0.25, 0.3) is 0 Å². The quantitative estimate of drug-likeness (QED) is 0.700. The minimum absolute atomic E-state index is 0.0123. The molecule has 1 saturated heterocycles. The van der Waals surface area contributed by atoms with Gasteiger partial charge in [0, 0.05) is 12.0 Å². The Bertz CT molecular complexity index is 203. The van der Waals surface area contributed by atoms with E-state index < -0.39 is 5.97 Å². The predicted molar refractivity (Wildman–Crippen MR) is 51.6 cm³/mol. The Morgan fingerprint density at radius 2 is 2.31 bits per heavy atom. The van der Waals surface area contributed by atoms with E-state index in [2.05, 4.69) is 26.1 Å². The van der Waals surface area contributed by atoms with Crippen molar-refractivity contribution in [2.45, 2.75) is 39.2 Å². The van der Waals surface area contributed by atoms with Gasteiger partial charge in [-0.3, -0.25) is 4.79 Å². The van der Waals surface area contributed by atoms with E-state index in [0.717, 1.165) is 13.0 Å². The van der Waals surface area contributed by atoms with E-state index in [4.69, 9.17) is 5.11 Å². The Morgan fingerprint density at radius 3 is 2.77 bits per heavy atom. The highest BCUT2D eigenvalue weighted by Crippen LogP contribution is 2.35. The predicted octanol–water partition coefficient (Wildman–Crippen LogP) is 1.49. The third-order valence-electron chi connectivity index (χ3n) is 3.47. The second-order valence-electron chi connectivity index (χ2n) is 4.45. The van der Waals surface area contributed by atoms with E-state index >= 15 is 0 Å². The molecule has 1 fully saturated rings. The molecular formula is C10H19NO2. The highest BCUT2D eigenvalue weighted by molar-refractivity contribution is 5.67. The third-order valence-corrected chi connectivity index (χ3v) is 3.47. The number of hydrogen-bond donors (Lipinski definition) is 2. The molecule has 1 rings (SSSR count). The number of carboxylic acid groups (broad SMARTS) is 1. The molecule has 2 atom stereocenters. The first kappa shape index (κ1) is 10.5. The molecule has 0 amide bonds. The molecule has 0 radical (unpaired) electrons. The van der Waals surface area contributed by atoms with E-state index in [1.54, 1.807) is 0 Å². The molecular weight excluding hydrogens is 166 g/mol. The lowest BCUT2D eigenvalue weighted by molar-refractivity contribution is -0.138. The van der Waals surface area contributed by atoms with Gasteiger partial charge in [0.05, 0.1) is 0 Å². The van der Waals surface area contributed by atoms with Gasteiger partial charge in [-0.15, -0.1) is 0 Å². The number of carbonyl (C=O) groups is 1. The van der Waals surface area contributed by atoms with Gasteiger partial charge < -0.3 is 10.4 Å². The standard InChI is InChI=1S/C10H19NO2/c1-7(2)10(3)8(4-5-11-10)6-9(12)13/h7-8,11H,4-6H2,1-3H3,(H,12,13). The first-order chi connectivity index (χ1) is 5.97. The molecule has 1 aliphatic heterocycles. The topological polar surface area (TPSA) is 49.3 Å². The van der Waals surface area contributed by atoms with Gasteiger partial charge in [0.1, 0.15) is 0 Å². The Labute approximate surface area is 79.5 Å². The van der Waals surface area contributed by atoms with Crippen molar-refractivity contribution in [3.05, 3.63) is 0 Å². The molecule has 1 aliphatic rings. The lowest BCUT2D eigenvalue weighted by Crippen LogP contribution is -2.47. The Balaban J connectivity index is 2.68. The summed E-state index contributed by atoms with van der Waals surface area (Å²) < 4.78 is 0. The third kappa shape index (κ3) is 2.02. The molecule has 13 heavy (non-hydrogen) atoms. The molecule has 0 aromatic carbocycles. The zero-order valence-corrected chi connectivity index (χ0v) is 8.63. The molecule has 0 aliphatic carbocycles. The first-order valence-electron chi connectivity index (χ1n) is 4.93. The fraction of sp³-hybridized carbons (Fsp3) is 0.900. The largest absolute Gasteiger partial charge is 0.481 e. The molecule has 0 spiro atoms. The smallest absolute Gasteiger partial charge is 0.303 e. The second-order valence-corrected chi connectivity index (χ2v) is 4.45. The maximum atomic E-state index is 10.6. The van der Waals surface area contributed by atoms with Crippen molar-refractivity contribution in [3.8, 4) is 0 Å². The number of aliphatic carboxylic acids is 1. The summed E-state index contributed by atoms with van der Waals surface area (Å²) in [5.41, 5.74) is 0.0123. The van der Waals surface area contributed by atoms with Crippen LogP contribution in [0.15, 0.2) is 0 Å². The van der Waals surface area contributed by atoms with Crippen LogP contribution in [0.2, 0.25) is 0 Å². The van der Waals surface area contributed by atoms with Crippen molar-refractivity contribution < 1.29 is 9.90 Å². The van der Waals surface area contributed by atoms with Crippen molar-refractivity contribution in [1.82, 2.24) is 5.32 Å². The first-order valence-corrected chi connectivity index (χ1v) is 4.93.